The van der Waals surface area contributed by atoms with Crippen LogP contribution in [0.3, 0.4) is 0 Å². The molecule has 0 aliphatic carbocycles. The average Bonchev–Trinajstić information content (AvgIpc) is 2.63. The summed E-state index contributed by atoms with van der Waals surface area (Å²) in [5, 5.41) is 12.6. The van der Waals surface area contributed by atoms with Crippen molar-refractivity contribution < 1.29 is 9.67 Å². The van der Waals surface area contributed by atoms with Crippen LogP contribution in [0.2, 0.25) is 0 Å². The Balaban J connectivity index is 2.09. The fourth-order valence-corrected chi connectivity index (χ4v) is 6.01. The van der Waals surface area contributed by atoms with Crippen molar-refractivity contribution in [2.45, 2.75) is 12.5 Å². The van der Waals surface area contributed by atoms with Gasteiger partial charge < -0.3 is 9.67 Å². The Hall–Kier alpha value is -2.15. The van der Waals surface area contributed by atoms with Gasteiger partial charge in [0.15, 0.2) is 0 Å². The van der Waals surface area contributed by atoms with E-state index in [9.17, 15) is 9.67 Å². The zero-order chi connectivity index (χ0) is 17.0. The van der Waals surface area contributed by atoms with Crippen LogP contribution < -0.4 is 10.6 Å². The van der Waals surface area contributed by atoms with Crippen molar-refractivity contribution in [1.29, 1.82) is 0 Å². The van der Waals surface area contributed by atoms with Crippen LogP contribution in [0.25, 0.3) is 0 Å². The van der Waals surface area contributed by atoms with Crippen molar-refractivity contribution in [3.05, 3.63) is 96.6 Å². The van der Waals surface area contributed by atoms with Gasteiger partial charge in [-0.25, -0.2) is 0 Å². The molecule has 24 heavy (non-hydrogen) atoms. The van der Waals surface area contributed by atoms with Crippen LogP contribution in [0.1, 0.15) is 12.5 Å². The average molecular weight is 336 g/mol. The summed E-state index contributed by atoms with van der Waals surface area (Å²) < 4.78 is 14.0. The highest BCUT2D eigenvalue weighted by atomic mass is 31.2. The van der Waals surface area contributed by atoms with Gasteiger partial charge in [-0.1, -0.05) is 91.0 Å². The first kappa shape index (κ1) is 16.7. The Kier molecular flexibility index (Phi) is 4.71. The van der Waals surface area contributed by atoms with Gasteiger partial charge in [0.05, 0.1) is 5.60 Å². The van der Waals surface area contributed by atoms with Crippen molar-refractivity contribution >= 4 is 17.8 Å². The SMILES string of the molecule is CC(O)(CP(=O)(c1ccccc1)c1ccccc1)c1ccccc1. The predicted octanol–water partition coefficient (Wildman–Crippen LogP) is 3.91. The fraction of sp³-hybridized carbons (Fsp3) is 0.143. The molecule has 1 atom stereocenters. The first-order chi connectivity index (χ1) is 11.5. The highest BCUT2D eigenvalue weighted by Gasteiger charge is 2.36. The fourth-order valence-electron chi connectivity index (χ4n) is 2.99. The molecule has 3 aromatic rings. The van der Waals surface area contributed by atoms with Crippen LogP contribution >= 0.6 is 7.14 Å². The molecule has 0 saturated carbocycles. The summed E-state index contributed by atoms with van der Waals surface area (Å²) in [7, 11) is -2.96. The zero-order valence-corrected chi connectivity index (χ0v) is 14.6. The topological polar surface area (TPSA) is 37.3 Å². The Labute approximate surface area is 143 Å². The number of hydrogen-bond donors (Lipinski definition) is 1. The van der Waals surface area contributed by atoms with Crippen LogP contribution in [0.5, 0.6) is 0 Å². The van der Waals surface area contributed by atoms with Gasteiger partial charge >= 0.3 is 0 Å². The molecule has 0 aliphatic rings. The predicted molar refractivity (Wildman–Crippen MR) is 101 cm³/mol. The molecule has 0 saturated heterocycles. The van der Waals surface area contributed by atoms with E-state index in [0.717, 1.165) is 16.2 Å². The zero-order valence-electron chi connectivity index (χ0n) is 13.7. The third-order valence-electron chi connectivity index (χ3n) is 4.27. The maximum absolute atomic E-state index is 14.0. The second kappa shape index (κ2) is 6.76. The lowest BCUT2D eigenvalue weighted by molar-refractivity contribution is 0.0820. The summed E-state index contributed by atoms with van der Waals surface area (Å²) >= 11 is 0. The summed E-state index contributed by atoms with van der Waals surface area (Å²) in [6, 6.07) is 28.4. The Morgan fingerprint density at radius 2 is 1.12 bits per heavy atom. The van der Waals surface area contributed by atoms with Crippen molar-refractivity contribution in [1.82, 2.24) is 0 Å². The van der Waals surface area contributed by atoms with E-state index in [-0.39, 0.29) is 6.16 Å². The number of hydrogen-bond acceptors (Lipinski definition) is 2. The van der Waals surface area contributed by atoms with Crippen LogP contribution in [0.4, 0.5) is 0 Å². The van der Waals surface area contributed by atoms with Crippen LogP contribution in [0.15, 0.2) is 91.0 Å². The highest BCUT2D eigenvalue weighted by Crippen LogP contribution is 2.48. The summed E-state index contributed by atoms with van der Waals surface area (Å²) in [5.41, 5.74) is -0.403. The van der Waals surface area contributed by atoms with Crippen molar-refractivity contribution in [3.63, 3.8) is 0 Å². The van der Waals surface area contributed by atoms with Gasteiger partial charge in [-0.05, 0) is 12.5 Å². The molecule has 1 N–H and O–H groups in total. The van der Waals surface area contributed by atoms with Crippen molar-refractivity contribution in [2.75, 3.05) is 6.16 Å². The van der Waals surface area contributed by atoms with Crippen LogP contribution in [-0.2, 0) is 10.2 Å². The minimum Gasteiger partial charge on any atom is -0.385 e. The molecule has 0 fully saturated rings. The summed E-state index contributed by atoms with van der Waals surface area (Å²) in [4.78, 5) is 0. The molecule has 3 rings (SSSR count). The van der Waals surface area contributed by atoms with E-state index in [1.54, 1.807) is 6.92 Å². The minimum absolute atomic E-state index is 0.165. The van der Waals surface area contributed by atoms with Crippen LogP contribution in [-0.4, -0.2) is 11.3 Å². The van der Waals surface area contributed by atoms with E-state index < -0.39 is 12.7 Å². The molecule has 0 bridgehead atoms. The third kappa shape index (κ3) is 3.36. The van der Waals surface area contributed by atoms with E-state index in [4.69, 9.17) is 0 Å². The maximum atomic E-state index is 14.0. The Bertz CT molecular complexity index is 784. The standard InChI is InChI=1S/C21H21O2P/c1-21(22,18-11-5-2-6-12-18)17-24(23,19-13-7-3-8-14-19)20-15-9-4-10-16-20/h2-16,22H,17H2,1H3. The number of benzene rings is 3. The molecule has 0 spiro atoms. The molecule has 122 valence electrons. The van der Waals surface area contributed by atoms with Crippen molar-refractivity contribution in [3.8, 4) is 0 Å². The summed E-state index contributed by atoms with van der Waals surface area (Å²) in [6.45, 7) is 1.74. The van der Waals surface area contributed by atoms with E-state index in [0.29, 0.717) is 0 Å². The second-order valence-corrected chi connectivity index (χ2v) is 9.04. The summed E-state index contributed by atoms with van der Waals surface area (Å²) in [6.07, 6.45) is 0.165. The monoisotopic (exact) mass is 336 g/mol. The van der Waals surface area contributed by atoms with Crippen molar-refractivity contribution in [2.24, 2.45) is 0 Å². The highest BCUT2D eigenvalue weighted by molar-refractivity contribution is 7.78. The Morgan fingerprint density at radius 3 is 1.54 bits per heavy atom. The van der Waals surface area contributed by atoms with Gasteiger partial charge in [0.1, 0.15) is 7.14 Å². The normalized spacial score (nSPS) is 14.1. The van der Waals surface area contributed by atoms with E-state index in [1.165, 1.54) is 0 Å². The van der Waals surface area contributed by atoms with E-state index in [2.05, 4.69) is 0 Å². The molecule has 0 aromatic heterocycles. The molecule has 2 nitrogen and oxygen atoms in total. The number of rotatable bonds is 5. The Morgan fingerprint density at radius 1 is 0.750 bits per heavy atom. The third-order valence-corrected chi connectivity index (χ3v) is 7.60. The first-order valence-electron chi connectivity index (χ1n) is 8.01. The number of aliphatic hydroxyl groups is 1. The molecule has 3 heteroatoms. The smallest absolute Gasteiger partial charge is 0.146 e. The lowest BCUT2D eigenvalue weighted by atomic mass is 9.99. The molecule has 0 radical (unpaired) electrons. The molecule has 0 heterocycles. The van der Waals surface area contributed by atoms with Gasteiger partial charge in [-0.3, -0.25) is 0 Å². The first-order valence-corrected chi connectivity index (χ1v) is 9.90. The summed E-state index contributed by atoms with van der Waals surface area (Å²) in [5.74, 6) is 0. The van der Waals surface area contributed by atoms with E-state index in [1.807, 2.05) is 91.0 Å². The van der Waals surface area contributed by atoms with Gasteiger partial charge in [0.2, 0.25) is 0 Å². The molecule has 1 unspecified atom stereocenters. The minimum atomic E-state index is -2.96. The lowest BCUT2D eigenvalue weighted by Gasteiger charge is -2.30. The van der Waals surface area contributed by atoms with Gasteiger partial charge in [0, 0.05) is 16.8 Å². The second-order valence-electron chi connectivity index (χ2n) is 6.21. The molecular formula is C21H21O2P. The van der Waals surface area contributed by atoms with E-state index >= 15 is 0 Å². The lowest BCUT2D eigenvalue weighted by Crippen LogP contribution is -2.32. The maximum Gasteiger partial charge on any atom is 0.146 e. The van der Waals surface area contributed by atoms with Crippen LogP contribution in [0, 0.1) is 0 Å². The van der Waals surface area contributed by atoms with Gasteiger partial charge in [-0.2, -0.15) is 0 Å². The largest absolute Gasteiger partial charge is 0.385 e. The van der Waals surface area contributed by atoms with Gasteiger partial charge in [-0.15, -0.1) is 0 Å². The quantitative estimate of drug-likeness (QED) is 0.717. The van der Waals surface area contributed by atoms with Gasteiger partial charge in [0.25, 0.3) is 0 Å². The molecule has 3 aromatic carbocycles. The molecule has 0 amide bonds. The molecular weight excluding hydrogens is 315 g/mol. The molecule has 0 aliphatic heterocycles.